The molecule has 1 aromatic heterocycles. The van der Waals surface area contributed by atoms with E-state index in [1.54, 1.807) is 0 Å². The lowest BCUT2D eigenvalue weighted by molar-refractivity contribution is -0.122. The Hall–Kier alpha value is -1.55. The van der Waals surface area contributed by atoms with Crippen molar-refractivity contribution >= 4 is 28.5 Å². The summed E-state index contributed by atoms with van der Waals surface area (Å²) in [6, 6.07) is 5.62. The molecular formula is C15H20ClN3O. The van der Waals surface area contributed by atoms with Crippen molar-refractivity contribution < 1.29 is 4.79 Å². The fraction of sp³-hybridized carbons (Fsp3) is 0.467. The number of rotatable bonds is 5. The highest BCUT2D eigenvalue weighted by Crippen LogP contribution is 2.27. The largest absolute Gasteiger partial charge is 0.368 e. The van der Waals surface area contributed by atoms with E-state index in [4.69, 9.17) is 17.3 Å². The molecule has 0 aliphatic rings. The molecule has 1 heterocycles. The molecule has 5 heteroatoms. The van der Waals surface area contributed by atoms with Crippen molar-refractivity contribution in [2.75, 3.05) is 5.88 Å². The van der Waals surface area contributed by atoms with Crippen LogP contribution in [0.4, 0.5) is 0 Å². The Kier molecular flexibility index (Phi) is 4.33. The fourth-order valence-corrected chi connectivity index (χ4v) is 2.75. The van der Waals surface area contributed by atoms with E-state index in [0.29, 0.717) is 12.3 Å². The van der Waals surface area contributed by atoms with E-state index in [9.17, 15) is 4.79 Å². The first-order valence-corrected chi connectivity index (χ1v) is 7.32. The summed E-state index contributed by atoms with van der Waals surface area (Å²) in [5.41, 5.74) is 8.55. The molecule has 2 rings (SSSR count). The Morgan fingerprint density at radius 1 is 1.45 bits per heavy atom. The highest BCUT2D eigenvalue weighted by atomic mass is 35.5. The van der Waals surface area contributed by atoms with Gasteiger partial charge in [0.25, 0.3) is 0 Å². The molecule has 0 bridgehead atoms. The number of carbonyl (C=O) groups excluding carboxylic acids is 1. The summed E-state index contributed by atoms with van der Waals surface area (Å²) in [4.78, 5) is 16.5. The van der Waals surface area contributed by atoms with Gasteiger partial charge < -0.3 is 10.3 Å². The number of carbonyl (C=O) groups is 1. The Labute approximate surface area is 123 Å². The van der Waals surface area contributed by atoms with Crippen molar-refractivity contribution in [1.29, 1.82) is 0 Å². The molecule has 20 heavy (non-hydrogen) atoms. The van der Waals surface area contributed by atoms with Crippen LogP contribution in [-0.2, 0) is 11.2 Å². The molecule has 0 aliphatic carbocycles. The summed E-state index contributed by atoms with van der Waals surface area (Å²) in [6.45, 7) is 6.00. The molecule has 0 fully saturated rings. The maximum absolute atomic E-state index is 11.9. The topological polar surface area (TPSA) is 60.9 Å². The lowest BCUT2D eigenvalue weighted by Crippen LogP contribution is -2.31. The number of aryl methyl sites for hydroxylation is 2. The minimum atomic E-state index is -0.403. The molecule has 4 nitrogen and oxygen atoms in total. The molecule has 0 radical (unpaired) electrons. The molecule has 108 valence electrons. The Balaban J connectivity index is 2.71. The number of aromatic nitrogens is 2. The maximum atomic E-state index is 11.9. The van der Waals surface area contributed by atoms with Gasteiger partial charge in [0.2, 0.25) is 5.91 Å². The molecule has 1 amide bonds. The van der Waals surface area contributed by atoms with E-state index in [2.05, 4.69) is 4.98 Å². The first kappa shape index (κ1) is 14.9. The molecule has 0 spiro atoms. The fourth-order valence-electron chi connectivity index (χ4n) is 2.58. The van der Waals surface area contributed by atoms with Gasteiger partial charge in [-0.2, -0.15) is 0 Å². The minimum Gasteiger partial charge on any atom is -0.368 e. The van der Waals surface area contributed by atoms with Crippen LogP contribution in [0.15, 0.2) is 18.2 Å². The van der Waals surface area contributed by atoms with Gasteiger partial charge in [-0.25, -0.2) is 4.98 Å². The van der Waals surface area contributed by atoms with E-state index in [1.165, 1.54) is 0 Å². The Morgan fingerprint density at radius 2 is 2.15 bits per heavy atom. The standard InChI is InChI=1S/C15H20ClN3O/c1-9(2)14(15(17)20)19-12-8-10(3)4-5-11(12)18-13(19)6-7-16/h4-5,8-9,14H,6-7H2,1-3H3,(H2,17,20). The minimum absolute atomic E-state index is 0.0967. The number of alkyl halides is 1. The first-order chi connectivity index (χ1) is 9.45. The number of benzene rings is 1. The number of nitrogens with zero attached hydrogens (tertiary/aromatic N) is 2. The van der Waals surface area contributed by atoms with Crippen LogP contribution in [0, 0.1) is 12.8 Å². The molecule has 0 aliphatic heterocycles. The molecule has 2 aromatic rings. The molecule has 1 aromatic carbocycles. The second-order valence-corrected chi connectivity index (χ2v) is 5.80. The van der Waals surface area contributed by atoms with E-state index >= 15 is 0 Å². The lowest BCUT2D eigenvalue weighted by Gasteiger charge is -2.22. The third-order valence-corrected chi connectivity index (χ3v) is 3.63. The normalized spacial score (nSPS) is 13.1. The monoisotopic (exact) mass is 293 g/mol. The summed E-state index contributed by atoms with van der Waals surface area (Å²) in [7, 11) is 0. The summed E-state index contributed by atoms with van der Waals surface area (Å²) < 4.78 is 1.96. The average molecular weight is 294 g/mol. The van der Waals surface area contributed by atoms with Gasteiger partial charge in [-0.05, 0) is 30.5 Å². The van der Waals surface area contributed by atoms with E-state index in [0.717, 1.165) is 22.4 Å². The van der Waals surface area contributed by atoms with Crippen molar-refractivity contribution in [3.8, 4) is 0 Å². The third-order valence-electron chi connectivity index (χ3n) is 3.44. The zero-order valence-corrected chi connectivity index (χ0v) is 12.8. The van der Waals surface area contributed by atoms with Crippen LogP contribution in [0.1, 0.15) is 31.3 Å². The van der Waals surface area contributed by atoms with E-state index in [1.807, 2.05) is 43.5 Å². The van der Waals surface area contributed by atoms with Crippen LogP contribution >= 0.6 is 11.6 Å². The first-order valence-electron chi connectivity index (χ1n) is 6.78. The van der Waals surface area contributed by atoms with Crippen molar-refractivity contribution in [2.24, 2.45) is 11.7 Å². The van der Waals surface area contributed by atoms with E-state index < -0.39 is 6.04 Å². The van der Waals surface area contributed by atoms with Gasteiger partial charge in [-0.3, -0.25) is 4.79 Å². The summed E-state index contributed by atoms with van der Waals surface area (Å²) in [6.07, 6.45) is 0.617. The highest BCUT2D eigenvalue weighted by Gasteiger charge is 2.26. The van der Waals surface area contributed by atoms with E-state index in [-0.39, 0.29) is 11.8 Å². The van der Waals surface area contributed by atoms with Crippen molar-refractivity contribution in [2.45, 2.75) is 33.2 Å². The molecular weight excluding hydrogens is 274 g/mol. The summed E-state index contributed by atoms with van der Waals surface area (Å²) in [5, 5.41) is 0. The van der Waals surface area contributed by atoms with Gasteiger partial charge in [0.15, 0.2) is 0 Å². The molecule has 1 unspecified atom stereocenters. The summed E-state index contributed by atoms with van der Waals surface area (Å²) in [5.74, 6) is 1.04. The number of hydrogen-bond acceptors (Lipinski definition) is 2. The molecule has 1 atom stereocenters. The maximum Gasteiger partial charge on any atom is 0.240 e. The number of nitrogens with two attached hydrogens (primary N) is 1. The van der Waals surface area contributed by atoms with Crippen molar-refractivity contribution in [3.63, 3.8) is 0 Å². The molecule has 0 saturated carbocycles. The predicted octanol–water partition coefficient (Wildman–Crippen LogP) is 2.81. The average Bonchev–Trinajstić information content (AvgIpc) is 2.68. The third kappa shape index (κ3) is 2.66. The van der Waals surface area contributed by atoms with Gasteiger partial charge in [-0.1, -0.05) is 19.9 Å². The smallest absolute Gasteiger partial charge is 0.240 e. The number of halogens is 1. The quantitative estimate of drug-likeness (QED) is 0.862. The second-order valence-electron chi connectivity index (χ2n) is 5.42. The second kappa shape index (κ2) is 5.83. The number of fused-ring (bicyclic) bond motifs is 1. The van der Waals surface area contributed by atoms with Crippen molar-refractivity contribution in [3.05, 3.63) is 29.6 Å². The van der Waals surface area contributed by atoms with Gasteiger partial charge in [0, 0.05) is 12.3 Å². The van der Waals surface area contributed by atoms with Gasteiger partial charge in [-0.15, -0.1) is 11.6 Å². The highest BCUT2D eigenvalue weighted by molar-refractivity contribution is 6.17. The van der Waals surface area contributed by atoms with Gasteiger partial charge in [0.1, 0.15) is 11.9 Å². The van der Waals surface area contributed by atoms with Crippen LogP contribution in [-0.4, -0.2) is 21.3 Å². The zero-order valence-electron chi connectivity index (χ0n) is 12.1. The van der Waals surface area contributed by atoms with Gasteiger partial charge in [0.05, 0.1) is 11.0 Å². The molecule has 2 N–H and O–H groups in total. The number of amides is 1. The zero-order chi connectivity index (χ0) is 14.9. The van der Waals surface area contributed by atoms with Crippen LogP contribution in [0.25, 0.3) is 11.0 Å². The Bertz CT molecular complexity index is 633. The number of hydrogen-bond donors (Lipinski definition) is 1. The van der Waals surface area contributed by atoms with Crippen LogP contribution in [0.2, 0.25) is 0 Å². The van der Waals surface area contributed by atoms with Crippen LogP contribution < -0.4 is 5.73 Å². The number of primary amides is 1. The predicted molar refractivity (Wildman–Crippen MR) is 82.0 cm³/mol. The molecule has 0 saturated heterocycles. The Morgan fingerprint density at radius 3 is 2.70 bits per heavy atom. The van der Waals surface area contributed by atoms with Crippen LogP contribution in [0.3, 0.4) is 0 Å². The lowest BCUT2D eigenvalue weighted by atomic mass is 10.0. The summed E-state index contributed by atoms with van der Waals surface area (Å²) >= 11 is 5.86. The van der Waals surface area contributed by atoms with Crippen LogP contribution in [0.5, 0.6) is 0 Å². The SMILES string of the molecule is Cc1ccc2nc(CCCl)n(C(C(N)=O)C(C)C)c2c1. The van der Waals surface area contributed by atoms with Gasteiger partial charge >= 0.3 is 0 Å². The van der Waals surface area contributed by atoms with Crippen molar-refractivity contribution in [1.82, 2.24) is 9.55 Å². The number of imidazole rings is 1.